The molecule has 0 heterocycles. The van der Waals surface area contributed by atoms with Crippen LogP contribution in [0, 0.1) is 11.8 Å². The molecular weight excluding hydrogens is 132 g/mol. The van der Waals surface area contributed by atoms with Gasteiger partial charge in [0, 0.05) is 19.3 Å². The van der Waals surface area contributed by atoms with E-state index in [1.807, 2.05) is 11.8 Å². The maximum absolute atomic E-state index is 1.88. The molecule has 3 saturated carbocycles. The van der Waals surface area contributed by atoms with Gasteiger partial charge in [-0.3, -0.25) is 0 Å². The quantitative estimate of drug-likeness (QED) is 0.462. The molecule has 0 heteroatoms. The first-order valence-corrected chi connectivity index (χ1v) is 5.12. The van der Waals surface area contributed by atoms with E-state index in [9.17, 15) is 0 Å². The lowest BCUT2D eigenvalue weighted by Gasteiger charge is -2.16. The first-order chi connectivity index (χ1) is 5.45. The second-order valence-electron chi connectivity index (χ2n) is 4.06. The average Bonchev–Trinajstić information content (AvgIpc) is 1.80. The Bertz CT molecular complexity index is 81.4. The van der Waals surface area contributed by atoms with Gasteiger partial charge in [-0.05, 0) is 0 Å². The lowest BCUT2D eigenvalue weighted by atomic mass is 9.78. The first-order valence-electron chi connectivity index (χ1n) is 5.12. The van der Waals surface area contributed by atoms with Gasteiger partial charge >= 0.3 is 0 Å². The lowest BCUT2D eigenvalue weighted by Crippen LogP contribution is -2.11. The molecule has 0 amide bonds. The van der Waals surface area contributed by atoms with Crippen molar-refractivity contribution in [3.8, 4) is 0 Å². The van der Waals surface area contributed by atoms with Crippen LogP contribution in [-0.4, -0.2) is 0 Å². The zero-order chi connectivity index (χ0) is 7.52. The molecule has 0 atom stereocenters. The Morgan fingerprint density at radius 2 is 0.727 bits per heavy atom. The fraction of sp³-hybridized carbons (Fsp3) is 0.818. The Morgan fingerprint density at radius 3 is 1.00 bits per heavy atom. The van der Waals surface area contributed by atoms with Crippen molar-refractivity contribution in [1.82, 2.24) is 0 Å². The molecule has 3 fully saturated rings. The second kappa shape index (κ2) is 3.42. The highest BCUT2D eigenvalue weighted by atomic mass is 14.3. The van der Waals surface area contributed by atoms with E-state index in [2.05, 4.69) is 0 Å². The van der Waals surface area contributed by atoms with Gasteiger partial charge in [0.2, 0.25) is 0 Å². The first kappa shape index (κ1) is 7.39. The van der Waals surface area contributed by atoms with Gasteiger partial charge in [-0.2, -0.15) is 0 Å². The van der Waals surface area contributed by atoms with E-state index in [0.29, 0.717) is 0 Å². The van der Waals surface area contributed by atoms with E-state index >= 15 is 0 Å². The third-order valence-electron chi connectivity index (χ3n) is 3.18. The molecule has 0 aliphatic heterocycles. The second-order valence-corrected chi connectivity index (χ2v) is 4.06. The summed E-state index contributed by atoms with van der Waals surface area (Å²) in [7, 11) is 0. The van der Waals surface area contributed by atoms with Crippen molar-refractivity contribution in [1.29, 1.82) is 0 Å². The van der Waals surface area contributed by atoms with Crippen LogP contribution in [0.3, 0.4) is 0 Å². The van der Waals surface area contributed by atoms with Crippen LogP contribution >= 0.6 is 0 Å². The van der Waals surface area contributed by atoms with Crippen LogP contribution in [0.2, 0.25) is 0 Å². The van der Waals surface area contributed by atoms with Crippen molar-refractivity contribution >= 4 is 0 Å². The zero-order valence-corrected chi connectivity index (χ0v) is 7.36. The summed E-state index contributed by atoms with van der Waals surface area (Å²) >= 11 is 0. The van der Waals surface area contributed by atoms with E-state index in [-0.39, 0.29) is 0 Å². The maximum atomic E-state index is 1.88. The summed E-state index contributed by atoms with van der Waals surface area (Å²) in [5.41, 5.74) is 0. The van der Waals surface area contributed by atoms with Crippen molar-refractivity contribution in [3.05, 3.63) is 11.8 Å². The number of hydrogen-bond donors (Lipinski definition) is 0. The van der Waals surface area contributed by atoms with E-state index < -0.39 is 0 Å². The molecule has 3 rings (SSSR count). The van der Waals surface area contributed by atoms with Gasteiger partial charge in [0.05, 0.1) is 50.4 Å². The molecule has 11 heavy (non-hydrogen) atoms. The van der Waals surface area contributed by atoms with Crippen molar-refractivity contribution in [2.24, 2.45) is 0 Å². The van der Waals surface area contributed by atoms with Gasteiger partial charge in [0.1, 0.15) is 0 Å². The summed E-state index contributed by atoms with van der Waals surface area (Å²) in [5, 5.41) is 0. The smallest absolute Gasteiger partial charge is 0.0284 e. The largest absolute Gasteiger partial charge is 0.0941 e. The number of hydrogen-bond acceptors (Lipinski definition) is 0. The predicted octanol–water partition coefficient (Wildman–Crippen LogP) is 3.67. The predicted molar refractivity (Wildman–Crippen MR) is 48.0 cm³/mol. The molecule has 3 aliphatic carbocycles. The molecule has 0 unspecified atom stereocenters. The fourth-order valence-electron chi connectivity index (χ4n) is 2.52. The van der Waals surface area contributed by atoms with Gasteiger partial charge in [-0.25, -0.2) is 0 Å². The molecule has 0 aromatic carbocycles. The highest BCUT2D eigenvalue weighted by molar-refractivity contribution is 5.01. The Labute approximate surface area is 70.4 Å². The maximum Gasteiger partial charge on any atom is 0.0941 e. The summed E-state index contributed by atoms with van der Waals surface area (Å²) in [5.74, 6) is 3.76. The summed E-state index contributed by atoms with van der Waals surface area (Å²) in [6, 6.07) is 0. The number of rotatable bonds is 0. The van der Waals surface area contributed by atoms with Crippen LogP contribution in [0.15, 0.2) is 0 Å². The Kier molecular flexibility index (Phi) is 2.30. The molecular formula is C11H18+2. The van der Waals surface area contributed by atoms with E-state index in [1.165, 1.54) is 57.8 Å². The topological polar surface area (TPSA) is 0 Å². The Hall–Kier alpha value is -0.260. The highest BCUT2D eigenvalue weighted by Crippen LogP contribution is 2.37. The summed E-state index contributed by atoms with van der Waals surface area (Å²) < 4.78 is 0. The van der Waals surface area contributed by atoms with Crippen LogP contribution in [0.5, 0.6) is 0 Å². The van der Waals surface area contributed by atoms with Crippen molar-refractivity contribution in [3.63, 3.8) is 0 Å². The Balaban J connectivity index is 1.96. The molecule has 60 valence electrons. The lowest BCUT2D eigenvalue weighted by molar-refractivity contribution is 0.454. The average molecular weight is 150 g/mol. The molecule has 0 N–H and O–H groups in total. The van der Waals surface area contributed by atoms with Gasteiger partial charge in [0.15, 0.2) is 0 Å². The monoisotopic (exact) mass is 150 g/mol. The third-order valence-corrected chi connectivity index (χ3v) is 3.18. The summed E-state index contributed by atoms with van der Waals surface area (Å²) in [6.07, 6.45) is 13.1. The molecule has 0 nitrogen and oxygen atoms in total. The molecule has 0 aromatic heterocycles. The highest BCUT2D eigenvalue weighted by Gasteiger charge is 2.32. The van der Waals surface area contributed by atoms with Crippen LogP contribution in [0.25, 0.3) is 0 Å². The Morgan fingerprint density at radius 1 is 0.455 bits per heavy atom. The molecule has 0 aromatic rings. The molecule has 0 radical (unpaired) electrons. The fourth-order valence-corrected chi connectivity index (χ4v) is 2.52. The molecule has 2 bridgehead atoms. The zero-order valence-electron chi connectivity index (χ0n) is 7.36. The normalized spacial score (nSPS) is 26.2. The van der Waals surface area contributed by atoms with Crippen LogP contribution in [-0.2, 0) is 0 Å². The minimum absolute atomic E-state index is 1.45. The molecule has 0 saturated heterocycles. The van der Waals surface area contributed by atoms with Gasteiger partial charge in [-0.1, -0.05) is 0 Å². The number of fused-ring (bicyclic) bond motifs is 6. The SMILES string of the molecule is C1C[C+]2CCC[C+](C1)CCC2. The van der Waals surface area contributed by atoms with Crippen LogP contribution in [0.4, 0.5) is 0 Å². The van der Waals surface area contributed by atoms with Crippen LogP contribution in [0.1, 0.15) is 57.8 Å². The van der Waals surface area contributed by atoms with E-state index in [0.717, 1.165) is 0 Å². The van der Waals surface area contributed by atoms with E-state index in [4.69, 9.17) is 0 Å². The van der Waals surface area contributed by atoms with Crippen molar-refractivity contribution in [2.45, 2.75) is 57.8 Å². The standard InChI is InChI=1S/C11H18/c1-4-10-6-2-7-11(5-1)9-3-8-10/h1-9H2/q+2. The van der Waals surface area contributed by atoms with Crippen molar-refractivity contribution in [2.75, 3.05) is 0 Å². The molecule has 3 aliphatic rings. The van der Waals surface area contributed by atoms with Gasteiger partial charge in [0.25, 0.3) is 0 Å². The van der Waals surface area contributed by atoms with E-state index in [1.54, 1.807) is 0 Å². The minimum Gasteiger partial charge on any atom is 0.0284 e. The summed E-state index contributed by atoms with van der Waals surface area (Å²) in [6.45, 7) is 0. The van der Waals surface area contributed by atoms with Gasteiger partial charge in [-0.15, -0.1) is 0 Å². The minimum atomic E-state index is 1.45. The van der Waals surface area contributed by atoms with Crippen LogP contribution < -0.4 is 0 Å². The molecule has 0 spiro atoms. The van der Waals surface area contributed by atoms with Crippen molar-refractivity contribution < 1.29 is 0 Å². The third kappa shape index (κ3) is 1.85. The summed E-state index contributed by atoms with van der Waals surface area (Å²) in [4.78, 5) is 0. The van der Waals surface area contributed by atoms with Gasteiger partial charge < -0.3 is 0 Å².